The summed E-state index contributed by atoms with van der Waals surface area (Å²) >= 11 is 0. The first-order chi connectivity index (χ1) is 17.7. The first kappa shape index (κ1) is 27.3. The minimum absolute atomic E-state index is 0.0717. The fourth-order valence-corrected chi connectivity index (χ4v) is 4.45. The zero-order valence-electron chi connectivity index (χ0n) is 21.9. The Morgan fingerprint density at radius 2 is 1.74 bits per heavy atom. The van der Waals surface area contributed by atoms with Crippen LogP contribution in [0.4, 0.5) is 29.3 Å². The molecule has 11 heteroatoms. The lowest BCUT2D eigenvalue weighted by Gasteiger charge is -2.39. The summed E-state index contributed by atoms with van der Waals surface area (Å²) in [7, 11) is 0. The van der Waals surface area contributed by atoms with E-state index >= 15 is 4.39 Å². The Bertz CT molecular complexity index is 1270. The van der Waals surface area contributed by atoms with Crippen molar-refractivity contribution >= 4 is 29.3 Å². The van der Waals surface area contributed by atoms with Gasteiger partial charge in [-0.2, -0.15) is 0 Å². The van der Waals surface area contributed by atoms with Crippen LogP contribution in [0.15, 0.2) is 24.3 Å². The fourth-order valence-electron chi connectivity index (χ4n) is 4.45. The Hall–Kier alpha value is -3.76. The molecule has 4 rings (SSSR count). The average molecular weight is 534 g/mol. The summed E-state index contributed by atoms with van der Waals surface area (Å²) in [5, 5.41) is 2.58. The second-order valence-electron chi connectivity index (χ2n) is 10.7. The number of carbonyl (C=O) groups is 3. The van der Waals surface area contributed by atoms with E-state index in [1.54, 1.807) is 27.7 Å². The molecule has 38 heavy (non-hydrogen) atoms. The van der Waals surface area contributed by atoms with Gasteiger partial charge in [0.25, 0.3) is 5.91 Å². The number of rotatable bonds is 5. The van der Waals surface area contributed by atoms with Crippen LogP contribution in [0.1, 0.15) is 45.2 Å². The lowest BCUT2D eigenvalue weighted by atomic mass is 9.96. The molecule has 0 bridgehead atoms. The Kier molecular flexibility index (Phi) is 7.31. The number of ether oxygens (including phenoxy) is 2. The smallest absolute Gasteiger partial charge is 0.410 e. The van der Waals surface area contributed by atoms with E-state index in [1.807, 2.05) is 0 Å². The fraction of sp³-hybridized carbons (Fsp3) is 0.444. The van der Waals surface area contributed by atoms with Gasteiger partial charge in [-0.3, -0.25) is 9.59 Å². The Labute approximate surface area is 218 Å². The molecule has 0 radical (unpaired) electrons. The highest BCUT2D eigenvalue weighted by atomic mass is 19.1. The van der Waals surface area contributed by atoms with Crippen LogP contribution in [0, 0.1) is 30.3 Å². The summed E-state index contributed by atoms with van der Waals surface area (Å²) in [6.45, 7) is 8.82. The highest BCUT2D eigenvalue weighted by Gasteiger charge is 2.37. The molecule has 8 nitrogen and oxygen atoms in total. The molecule has 1 saturated heterocycles. The Balaban J connectivity index is 1.48. The Morgan fingerprint density at radius 3 is 2.34 bits per heavy atom. The molecule has 204 valence electrons. The lowest BCUT2D eigenvalue weighted by molar-refractivity contribution is -0.125. The van der Waals surface area contributed by atoms with Crippen molar-refractivity contribution in [3.63, 3.8) is 0 Å². The van der Waals surface area contributed by atoms with E-state index in [0.29, 0.717) is 18.7 Å². The average Bonchev–Trinajstić information content (AvgIpc) is 2.75. The lowest BCUT2D eigenvalue weighted by Crippen LogP contribution is -2.52. The van der Waals surface area contributed by atoms with Crippen LogP contribution in [0.2, 0.25) is 0 Å². The molecule has 1 unspecified atom stereocenters. The number of hydrogen-bond acceptors (Lipinski definition) is 5. The summed E-state index contributed by atoms with van der Waals surface area (Å²) in [5.74, 6) is -3.73. The van der Waals surface area contributed by atoms with Crippen molar-refractivity contribution < 1.29 is 37.0 Å². The molecule has 2 aromatic rings. The van der Waals surface area contributed by atoms with Gasteiger partial charge in [-0.15, -0.1) is 0 Å². The van der Waals surface area contributed by atoms with Crippen molar-refractivity contribution in [1.29, 1.82) is 0 Å². The number of likely N-dealkylation sites (tertiary alicyclic amines) is 1. The summed E-state index contributed by atoms with van der Waals surface area (Å²) in [6.07, 6.45) is -1.44. The van der Waals surface area contributed by atoms with Crippen molar-refractivity contribution in [2.24, 2.45) is 5.92 Å². The van der Waals surface area contributed by atoms with Gasteiger partial charge < -0.3 is 24.6 Å². The Morgan fingerprint density at radius 1 is 1.11 bits per heavy atom. The number of anilines is 2. The van der Waals surface area contributed by atoms with Gasteiger partial charge in [-0.1, -0.05) is 0 Å². The predicted molar refractivity (Wildman–Crippen MR) is 133 cm³/mol. The van der Waals surface area contributed by atoms with Crippen molar-refractivity contribution in [2.75, 3.05) is 23.3 Å². The summed E-state index contributed by atoms with van der Waals surface area (Å²) in [6, 6.07) is 4.40. The zero-order valence-corrected chi connectivity index (χ0v) is 21.9. The largest absolute Gasteiger partial charge is 0.476 e. The third kappa shape index (κ3) is 5.87. The molecule has 0 saturated carbocycles. The van der Waals surface area contributed by atoms with Crippen LogP contribution in [0.25, 0.3) is 0 Å². The van der Waals surface area contributed by atoms with Crippen molar-refractivity contribution in [3.8, 4) is 5.75 Å². The van der Waals surface area contributed by atoms with Crippen LogP contribution >= 0.6 is 0 Å². The number of fused-ring (bicyclic) bond motifs is 1. The predicted octanol–water partition coefficient (Wildman–Crippen LogP) is 4.92. The van der Waals surface area contributed by atoms with Crippen molar-refractivity contribution in [3.05, 3.63) is 52.8 Å². The van der Waals surface area contributed by atoms with Crippen LogP contribution in [-0.2, 0) is 20.9 Å². The summed E-state index contributed by atoms with van der Waals surface area (Å²) in [4.78, 5) is 40.3. The number of nitrogens with one attached hydrogen (secondary N) is 1. The number of amides is 3. The quantitative estimate of drug-likeness (QED) is 0.590. The molecule has 0 spiro atoms. The molecule has 0 aliphatic carbocycles. The van der Waals surface area contributed by atoms with Crippen LogP contribution in [0.5, 0.6) is 5.75 Å². The molecule has 1 atom stereocenters. The van der Waals surface area contributed by atoms with E-state index < -0.39 is 47.1 Å². The highest BCUT2D eigenvalue weighted by Crippen LogP contribution is 2.42. The molecule has 1 fully saturated rings. The number of carbonyl (C=O) groups excluding carboxylic acids is 3. The van der Waals surface area contributed by atoms with Crippen LogP contribution in [0.3, 0.4) is 0 Å². The topological polar surface area (TPSA) is 88.2 Å². The third-order valence-corrected chi connectivity index (χ3v) is 6.21. The van der Waals surface area contributed by atoms with E-state index in [4.69, 9.17) is 9.47 Å². The molecule has 2 aliphatic rings. The third-order valence-electron chi connectivity index (χ3n) is 6.21. The maximum atomic E-state index is 15.6. The number of halogens is 3. The maximum Gasteiger partial charge on any atom is 0.410 e. The monoisotopic (exact) mass is 533 g/mol. The first-order valence-corrected chi connectivity index (χ1v) is 12.3. The molecular weight excluding hydrogens is 503 g/mol. The van der Waals surface area contributed by atoms with Gasteiger partial charge in [0.15, 0.2) is 17.7 Å². The molecule has 2 aromatic carbocycles. The first-order valence-electron chi connectivity index (χ1n) is 12.3. The van der Waals surface area contributed by atoms with Gasteiger partial charge in [-0.25, -0.2) is 18.0 Å². The van der Waals surface area contributed by atoms with Crippen LogP contribution in [-0.4, -0.2) is 47.6 Å². The zero-order chi connectivity index (χ0) is 27.9. The van der Waals surface area contributed by atoms with Gasteiger partial charge in [-0.05, 0) is 63.9 Å². The van der Waals surface area contributed by atoms with Gasteiger partial charge in [0.05, 0.1) is 17.9 Å². The van der Waals surface area contributed by atoms with E-state index in [2.05, 4.69) is 5.32 Å². The normalized spacial score (nSPS) is 17.5. The number of nitrogens with zero attached hydrogens (tertiary/aromatic N) is 2. The molecular formula is C27H30F3N3O5. The van der Waals surface area contributed by atoms with Crippen molar-refractivity contribution in [1.82, 2.24) is 4.90 Å². The number of benzene rings is 2. The van der Waals surface area contributed by atoms with Crippen LogP contribution < -0.4 is 15.0 Å². The second-order valence-corrected chi connectivity index (χ2v) is 10.7. The molecule has 2 heterocycles. The standard InChI is InChI=1S/C27H30F3N3O5/c1-14-6-20-24(37-15(2)25(35)33(20)13-16-7-18(28)10-19(29)8-16)22(30)23(14)31-21(34)9-17-11-32(12-17)26(36)38-27(3,4)5/h6-8,10,15,17H,9,11-13H2,1-5H3,(H,31,34). The second kappa shape index (κ2) is 10.2. The highest BCUT2D eigenvalue weighted by molar-refractivity contribution is 6.01. The number of hydrogen-bond donors (Lipinski definition) is 1. The van der Waals surface area contributed by atoms with E-state index in [9.17, 15) is 23.2 Å². The van der Waals surface area contributed by atoms with E-state index in [-0.39, 0.29) is 41.6 Å². The summed E-state index contributed by atoms with van der Waals surface area (Å²) in [5.41, 5.74) is -0.0887. The molecule has 0 aromatic heterocycles. The molecule has 3 amide bonds. The SMILES string of the molecule is Cc1cc2c(c(F)c1NC(=O)CC1CN(C(=O)OC(C)(C)C)C1)OC(C)C(=O)N2Cc1cc(F)cc(F)c1. The van der Waals surface area contributed by atoms with Gasteiger partial charge in [0.1, 0.15) is 17.2 Å². The molecule has 1 N–H and O–H groups in total. The van der Waals surface area contributed by atoms with E-state index in [1.165, 1.54) is 22.8 Å². The van der Waals surface area contributed by atoms with Crippen molar-refractivity contribution in [2.45, 2.75) is 59.3 Å². The van der Waals surface area contributed by atoms with Gasteiger partial charge >= 0.3 is 6.09 Å². The minimum atomic E-state index is -1.06. The van der Waals surface area contributed by atoms with E-state index in [0.717, 1.165) is 18.2 Å². The van der Waals surface area contributed by atoms with Gasteiger partial charge in [0, 0.05) is 31.5 Å². The maximum absolute atomic E-state index is 15.6. The number of aryl methyl sites for hydroxylation is 1. The van der Waals surface area contributed by atoms with Gasteiger partial charge in [0.2, 0.25) is 5.91 Å². The summed E-state index contributed by atoms with van der Waals surface area (Å²) < 4.78 is 53.9. The minimum Gasteiger partial charge on any atom is -0.476 e. The molecule has 2 aliphatic heterocycles.